The van der Waals surface area contributed by atoms with E-state index >= 15 is 0 Å². The molecular formula is C18H18N4O4. The smallest absolute Gasteiger partial charge is 0.270 e. The number of rotatable bonds is 2. The number of aromatic amines is 2. The van der Waals surface area contributed by atoms with E-state index in [1.807, 2.05) is 13.8 Å². The third-order valence-corrected chi connectivity index (χ3v) is 5.03. The maximum absolute atomic E-state index is 12.9. The average Bonchev–Trinajstić information content (AvgIpc) is 2.93. The molecule has 0 radical (unpaired) electrons. The number of nitro benzene ring substituents is 1. The van der Waals surface area contributed by atoms with Gasteiger partial charge in [0, 0.05) is 35.7 Å². The topological polar surface area (TPSA) is 121 Å². The Hall–Kier alpha value is -3.16. The molecular weight excluding hydrogens is 336 g/mol. The number of hydrogen-bond acceptors (Lipinski definition) is 5. The van der Waals surface area contributed by atoms with Crippen molar-refractivity contribution < 1.29 is 9.72 Å². The largest absolute Gasteiger partial charge is 0.343 e. The van der Waals surface area contributed by atoms with Gasteiger partial charge in [0.25, 0.3) is 11.2 Å². The molecule has 0 saturated carbocycles. The van der Waals surface area contributed by atoms with Gasteiger partial charge in [-0.1, -0.05) is 26.0 Å². The van der Waals surface area contributed by atoms with Gasteiger partial charge in [-0.15, -0.1) is 0 Å². The Balaban J connectivity index is 1.90. The third-order valence-electron chi connectivity index (χ3n) is 5.03. The van der Waals surface area contributed by atoms with E-state index in [-0.39, 0.29) is 22.4 Å². The highest BCUT2D eigenvalue weighted by Crippen LogP contribution is 2.47. The summed E-state index contributed by atoms with van der Waals surface area (Å²) in [6, 6.07) is 6.02. The molecule has 8 nitrogen and oxygen atoms in total. The van der Waals surface area contributed by atoms with E-state index in [1.165, 1.54) is 12.1 Å². The van der Waals surface area contributed by atoms with Crippen LogP contribution < -0.4 is 10.9 Å². The van der Waals surface area contributed by atoms with Crippen molar-refractivity contribution >= 4 is 17.3 Å². The molecule has 134 valence electrons. The molecule has 0 fully saturated rings. The van der Waals surface area contributed by atoms with Crippen LogP contribution in [0, 0.1) is 15.5 Å². The number of anilines is 1. The molecule has 1 atom stereocenters. The van der Waals surface area contributed by atoms with Gasteiger partial charge in [0.15, 0.2) is 5.78 Å². The van der Waals surface area contributed by atoms with E-state index in [4.69, 9.17) is 0 Å². The zero-order valence-electron chi connectivity index (χ0n) is 14.4. The highest BCUT2D eigenvalue weighted by molar-refractivity contribution is 6.01. The molecule has 2 aliphatic rings. The van der Waals surface area contributed by atoms with Crippen LogP contribution in [-0.4, -0.2) is 20.9 Å². The molecule has 3 N–H and O–H groups in total. The maximum Gasteiger partial charge on any atom is 0.270 e. The summed E-state index contributed by atoms with van der Waals surface area (Å²) in [5.74, 6) is 0.00149. The number of carbonyl (C=O) groups is 1. The minimum atomic E-state index is -0.541. The molecule has 1 aromatic heterocycles. The summed E-state index contributed by atoms with van der Waals surface area (Å²) in [5.41, 5.74) is 2.00. The number of allylic oxidation sites excluding steroid dienone is 2. The second-order valence-electron chi connectivity index (χ2n) is 7.61. The fraction of sp³-hybridized carbons (Fsp3) is 0.333. The van der Waals surface area contributed by atoms with Crippen molar-refractivity contribution in [1.82, 2.24) is 10.2 Å². The Labute approximate surface area is 148 Å². The fourth-order valence-electron chi connectivity index (χ4n) is 3.94. The molecule has 0 saturated heterocycles. The summed E-state index contributed by atoms with van der Waals surface area (Å²) in [6.07, 6.45) is 1.08. The molecule has 1 aromatic carbocycles. The molecule has 0 amide bonds. The zero-order chi connectivity index (χ0) is 18.6. The van der Waals surface area contributed by atoms with E-state index in [2.05, 4.69) is 15.5 Å². The second-order valence-corrected chi connectivity index (χ2v) is 7.61. The Bertz CT molecular complexity index is 1010. The highest BCUT2D eigenvalue weighted by Gasteiger charge is 2.42. The maximum atomic E-state index is 12.9. The van der Waals surface area contributed by atoms with Crippen LogP contribution in [0.5, 0.6) is 0 Å². The minimum Gasteiger partial charge on any atom is -0.343 e. The zero-order valence-corrected chi connectivity index (χ0v) is 14.4. The average molecular weight is 354 g/mol. The van der Waals surface area contributed by atoms with Gasteiger partial charge >= 0.3 is 0 Å². The van der Waals surface area contributed by atoms with E-state index in [0.717, 1.165) is 5.70 Å². The van der Waals surface area contributed by atoms with Gasteiger partial charge in [-0.25, -0.2) is 0 Å². The minimum absolute atomic E-state index is 0.00153. The number of hydrogen-bond donors (Lipinski definition) is 3. The van der Waals surface area contributed by atoms with Gasteiger partial charge < -0.3 is 5.32 Å². The van der Waals surface area contributed by atoms with Crippen LogP contribution in [-0.2, 0) is 4.79 Å². The van der Waals surface area contributed by atoms with Crippen LogP contribution in [0.1, 0.15) is 43.7 Å². The summed E-state index contributed by atoms with van der Waals surface area (Å²) >= 11 is 0. The van der Waals surface area contributed by atoms with Gasteiger partial charge in [-0.05, 0) is 17.4 Å². The number of nitro groups is 1. The summed E-state index contributed by atoms with van der Waals surface area (Å²) in [5, 5.41) is 19.5. The van der Waals surface area contributed by atoms with Crippen LogP contribution in [0.3, 0.4) is 0 Å². The van der Waals surface area contributed by atoms with Gasteiger partial charge in [-0.2, -0.15) is 0 Å². The van der Waals surface area contributed by atoms with E-state index in [0.29, 0.717) is 35.4 Å². The Morgan fingerprint density at radius 3 is 2.46 bits per heavy atom. The van der Waals surface area contributed by atoms with Crippen molar-refractivity contribution in [2.75, 3.05) is 5.32 Å². The van der Waals surface area contributed by atoms with E-state index in [1.54, 1.807) is 12.1 Å². The molecule has 4 rings (SSSR count). The first kappa shape index (κ1) is 16.3. The summed E-state index contributed by atoms with van der Waals surface area (Å²) in [7, 11) is 0. The van der Waals surface area contributed by atoms with Crippen molar-refractivity contribution in [2.45, 2.75) is 32.6 Å². The van der Waals surface area contributed by atoms with E-state index in [9.17, 15) is 19.7 Å². The number of non-ortho nitro benzene ring substituents is 1. The highest BCUT2D eigenvalue weighted by atomic mass is 16.6. The standard InChI is InChI=1S/C18H18N4O4/c1-18(2)7-11-14(12(23)8-18)13(15-16(19-11)20-21-17(15)24)9-3-5-10(6-4-9)22(25)26/h3-6,13H,7-8H2,1-2H3,(H3,19,20,21,24)/t13-/m0/s1. The summed E-state index contributed by atoms with van der Waals surface area (Å²) in [6.45, 7) is 4.07. The van der Waals surface area contributed by atoms with Crippen molar-refractivity contribution in [3.05, 3.63) is 67.1 Å². The number of fused-ring (bicyclic) bond motifs is 1. The number of nitrogens with zero attached hydrogens (tertiary/aromatic N) is 1. The summed E-state index contributed by atoms with van der Waals surface area (Å²) in [4.78, 5) is 35.7. The molecule has 26 heavy (non-hydrogen) atoms. The first-order valence-electron chi connectivity index (χ1n) is 8.35. The van der Waals surface area contributed by atoms with Gasteiger partial charge in [0.2, 0.25) is 0 Å². The fourth-order valence-corrected chi connectivity index (χ4v) is 3.94. The van der Waals surface area contributed by atoms with E-state index < -0.39 is 10.8 Å². The molecule has 1 aliphatic heterocycles. The molecule has 2 heterocycles. The van der Waals surface area contributed by atoms with Gasteiger partial charge in [0.1, 0.15) is 5.82 Å². The van der Waals surface area contributed by atoms with Crippen molar-refractivity contribution in [1.29, 1.82) is 0 Å². The van der Waals surface area contributed by atoms with Gasteiger partial charge in [-0.3, -0.25) is 29.9 Å². The third kappa shape index (κ3) is 2.45. The Morgan fingerprint density at radius 2 is 1.81 bits per heavy atom. The Kier molecular flexibility index (Phi) is 3.40. The number of Topliss-reactive ketones (excluding diaryl/α,β-unsaturated/α-hetero) is 1. The lowest BCUT2D eigenvalue weighted by Crippen LogP contribution is -2.34. The second kappa shape index (κ2) is 5.42. The van der Waals surface area contributed by atoms with Crippen molar-refractivity contribution in [3.63, 3.8) is 0 Å². The van der Waals surface area contributed by atoms with Crippen LogP contribution in [0.4, 0.5) is 11.5 Å². The van der Waals surface area contributed by atoms with Crippen LogP contribution in [0.15, 0.2) is 40.3 Å². The van der Waals surface area contributed by atoms with Crippen LogP contribution in [0.25, 0.3) is 0 Å². The molecule has 1 aliphatic carbocycles. The number of aromatic nitrogens is 2. The van der Waals surface area contributed by atoms with Crippen molar-refractivity contribution in [3.8, 4) is 0 Å². The van der Waals surface area contributed by atoms with Gasteiger partial charge in [0.05, 0.1) is 10.5 Å². The monoisotopic (exact) mass is 354 g/mol. The first-order valence-corrected chi connectivity index (χ1v) is 8.35. The lowest BCUT2D eigenvalue weighted by molar-refractivity contribution is -0.384. The molecule has 2 aromatic rings. The SMILES string of the molecule is CC1(C)CC(=O)C2=C(C1)Nc1[nH][nH]c(=O)c1[C@H]2c1ccc([N+](=O)[O-])cc1. The first-order chi connectivity index (χ1) is 12.3. The lowest BCUT2D eigenvalue weighted by Gasteiger charge is -2.37. The quantitative estimate of drug-likeness (QED) is 0.565. The number of nitrogens with one attached hydrogen (secondary N) is 3. The number of benzene rings is 1. The number of H-pyrrole nitrogens is 2. The normalized spacial score (nSPS) is 21.0. The Morgan fingerprint density at radius 1 is 1.12 bits per heavy atom. The molecule has 0 bridgehead atoms. The molecule has 8 heteroatoms. The summed E-state index contributed by atoms with van der Waals surface area (Å²) < 4.78 is 0. The number of carbonyl (C=O) groups excluding carboxylic acids is 1. The lowest BCUT2D eigenvalue weighted by atomic mass is 9.69. The van der Waals surface area contributed by atoms with Crippen molar-refractivity contribution in [2.24, 2.45) is 5.41 Å². The molecule has 0 spiro atoms. The van der Waals surface area contributed by atoms with Crippen LogP contribution >= 0.6 is 0 Å². The number of ketones is 1. The predicted octanol–water partition coefficient (Wildman–Crippen LogP) is 2.81. The molecule has 0 unspecified atom stereocenters. The van der Waals surface area contributed by atoms with Crippen LogP contribution in [0.2, 0.25) is 0 Å². The predicted molar refractivity (Wildman–Crippen MR) is 95.0 cm³/mol.